The molecule has 98 valence electrons. The number of rotatable bonds is 3. The predicted molar refractivity (Wildman–Crippen MR) is 74.0 cm³/mol. The molecule has 2 aromatic carbocycles. The summed E-state index contributed by atoms with van der Waals surface area (Å²) in [6.07, 6.45) is 0. The van der Waals surface area contributed by atoms with Gasteiger partial charge < -0.3 is 10.5 Å². The second kappa shape index (κ2) is 5.34. The Kier molecular flexibility index (Phi) is 3.78. The second-order valence-corrected chi connectivity index (χ2v) is 4.48. The van der Waals surface area contributed by atoms with Crippen molar-refractivity contribution < 1.29 is 9.66 Å². The minimum absolute atomic E-state index is 0.0658. The number of anilines is 1. The first kappa shape index (κ1) is 13.5. The van der Waals surface area contributed by atoms with E-state index in [1.165, 1.54) is 12.1 Å². The van der Waals surface area contributed by atoms with Crippen molar-refractivity contribution in [2.45, 2.75) is 0 Å². The van der Waals surface area contributed by atoms with Crippen LogP contribution < -0.4 is 10.5 Å². The molecule has 0 unspecified atom stereocenters. The molecule has 0 bridgehead atoms. The Labute approximate surface area is 118 Å². The molecular formula is C12H8Cl2N2O3. The van der Waals surface area contributed by atoms with Gasteiger partial charge in [0.15, 0.2) is 5.75 Å². The molecule has 0 fully saturated rings. The van der Waals surface area contributed by atoms with Gasteiger partial charge in [0.2, 0.25) is 0 Å². The molecular weight excluding hydrogens is 291 g/mol. The number of halogens is 2. The van der Waals surface area contributed by atoms with Crippen molar-refractivity contribution in [3.05, 3.63) is 56.6 Å². The summed E-state index contributed by atoms with van der Waals surface area (Å²) < 4.78 is 5.49. The Hall–Kier alpha value is -1.98. The van der Waals surface area contributed by atoms with Crippen molar-refractivity contribution in [3.63, 3.8) is 0 Å². The minimum atomic E-state index is -0.579. The van der Waals surface area contributed by atoms with Gasteiger partial charge in [-0.25, -0.2) is 0 Å². The summed E-state index contributed by atoms with van der Waals surface area (Å²) in [6, 6.07) is 8.96. The standard InChI is InChI=1S/C12H8Cl2N2O3/c13-10-5-8(16(17)18)6-11(14)12(10)19-9-3-1-7(15)2-4-9/h1-6H,15H2. The molecule has 0 spiro atoms. The molecule has 0 radical (unpaired) electrons. The van der Waals surface area contributed by atoms with E-state index in [4.69, 9.17) is 33.7 Å². The number of benzene rings is 2. The molecule has 0 aromatic heterocycles. The molecule has 5 nitrogen and oxygen atoms in total. The van der Waals surface area contributed by atoms with E-state index < -0.39 is 4.92 Å². The van der Waals surface area contributed by atoms with E-state index in [1.807, 2.05) is 0 Å². The summed E-state index contributed by atoms with van der Waals surface area (Å²) in [7, 11) is 0. The molecule has 19 heavy (non-hydrogen) atoms. The van der Waals surface area contributed by atoms with Crippen molar-refractivity contribution in [3.8, 4) is 11.5 Å². The van der Waals surface area contributed by atoms with Crippen LogP contribution in [0.25, 0.3) is 0 Å². The average Bonchev–Trinajstić information content (AvgIpc) is 2.35. The zero-order valence-corrected chi connectivity index (χ0v) is 11.0. The van der Waals surface area contributed by atoms with Crippen LogP contribution in [0.5, 0.6) is 11.5 Å². The zero-order valence-electron chi connectivity index (χ0n) is 9.47. The number of nitrogens with zero attached hydrogens (tertiary/aromatic N) is 1. The fourth-order valence-corrected chi connectivity index (χ4v) is 1.96. The molecule has 2 N–H and O–H groups in total. The van der Waals surface area contributed by atoms with Gasteiger partial charge in [-0.2, -0.15) is 0 Å². The zero-order chi connectivity index (χ0) is 14.0. The van der Waals surface area contributed by atoms with Crippen LogP contribution >= 0.6 is 23.2 Å². The highest BCUT2D eigenvalue weighted by Crippen LogP contribution is 2.39. The number of nitrogens with two attached hydrogens (primary N) is 1. The lowest BCUT2D eigenvalue weighted by molar-refractivity contribution is -0.384. The van der Waals surface area contributed by atoms with Gasteiger partial charge in [0.1, 0.15) is 5.75 Å². The largest absolute Gasteiger partial charge is 0.454 e. The van der Waals surface area contributed by atoms with E-state index in [-0.39, 0.29) is 21.5 Å². The Morgan fingerprint density at radius 1 is 1.11 bits per heavy atom. The second-order valence-electron chi connectivity index (χ2n) is 3.67. The van der Waals surface area contributed by atoms with E-state index in [0.717, 1.165) is 0 Å². The Morgan fingerprint density at radius 2 is 1.63 bits per heavy atom. The van der Waals surface area contributed by atoms with Crippen LogP contribution in [0.4, 0.5) is 11.4 Å². The summed E-state index contributed by atoms with van der Waals surface area (Å²) in [5.74, 6) is 0.644. The van der Waals surface area contributed by atoms with Crippen LogP contribution in [0.3, 0.4) is 0 Å². The monoisotopic (exact) mass is 298 g/mol. The average molecular weight is 299 g/mol. The van der Waals surface area contributed by atoms with Crippen LogP contribution in [0.1, 0.15) is 0 Å². The van der Waals surface area contributed by atoms with Crippen LogP contribution in [-0.2, 0) is 0 Å². The Morgan fingerprint density at radius 3 is 2.11 bits per heavy atom. The van der Waals surface area contributed by atoms with E-state index in [9.17, 15) is 10.1 Å². The quantitative estimate of drug-likeness (QED) is 0.521. The van der Waals surface area contributed by atoms with E-state index in [1.54, 1.807) is 24.3 Å². The summed E-state index contributed by atoms with van der Waals surface area (Å²) in [4.78, 5) is 10.1. The third-order valence-corrected chi connectivity index (χ3v) is 2.86. The van der Waals surface area contributed by atoms with Crippen LogP contribution in [0.2, 0.25) is 10.0 Å². The number of ether oxygens (including phenoxy) is 1. The number of nitro benzene ring substituents is 1. The first-order chi connectivity index (χ1) is 8.97. The first-order valence-electron chi connectivity index (χ1n) is 5.14. The molecule has 0 atom stereocenters. The first-order valence-corrected chi connectivity index (χ1v) is 5.90. The molecule has 2 aromatic rings. The molecule has 0 amide bonds. The summed E-state index contributed by atoms with van der Waals surface area (Å²) in [5, 5.41) is 10.8. The molecule has 2 rings (SSSR count). The fourth-order valence-electron chi connectivity index (χ4n) is 1.40. The highest BCUT2D eigenvalue weighted by atomic mass is 35.5. The van der Waals surface area contributed by atoms with Crippen molar-refractivity contribution >= 4 is 34.6 Å². The lowest BCUT2D eigenvalue weighted by Gasteiger charge is -2.09. The number of non-ortho nitro benzene ring substituents is 1. The van der Waals surface area contributed by atoms with E-state index >= 15 is 0 Å². The minimum Gasteiger partial charge on any atom is -0.454 e. The lowest BCUT2D eigenvalue weighted by Crippen LogP contribution is -1.92. The summed E-state index contributed by atoms with van der Waals surface area (Å²) >= 11 is 11.8. The third kappa shape index (κ3) is 3.07. The topological polar surface area (TPSA) is 78.4 Å². The summed E-state index contributed by atoms with van der Waals surface area (Å²) in [6.45, 7) is 0. The molecule has 7 heteroatoms. The number of nitrogen functional groups attached to an aromatic ring is 1. The maximum Gasteiger partial charge on any atom is 0.272 e. The Bertz CT molecular complexity index is 606. The number of hydrogen-bond acceptors (Lipinski definition) is 4. The van der Waals surface area contributed by atoms with Gasteiger partial charge in [0.25, 0.3) is 5.69 Å². The van der Waals surface area contributed by atoms with Gasteiger partial charge in [-0.1, -0.05) is 23.2 Å². The van der Waals surface area contributed by atoms with Crippen molar-refractivity contribution in [1.82, 2.24) is 0 Å². The van der Waals surface area contributed by atoms with Gasteiger partial charge in [-0.15, -0.1) is 0 Å². The molecule has 0 saturated carbocycles. The van der Waals surface area contributed by atoms with Crippen molar-refractivity contribution in [1.29, 1.82) is 0 Å². The van der Waals surface area contributed by atoms with Crippen LogP contribution in [-0.4, -0.2) is 4.92 Å². The van der Waals surface area contributed by atoms with Gasteiger partial charge in [0, 0.05) is 17.8 Å². The van der Waals surface area contributed by atoms with E-state index in [0.29, 0.717) is 11.4 Å². The van der Waals surface area contributed by atoms with Crippen molar-refractivity contribution in [2.24, 2.45) is 0 Å². The van der Waals surface area contributed by atoms with Gasteiger partial charge >= 0.3 is 0 Å². The molecule has 0 saturated heterocycles. The maximum atomic E-state index is 10.6. The molecule has 0 heterocycles. The molecule has 0 aliphatic rings. The van der Waals surface area contributed by atoms with Gasteiger partial charge in [-0.05, 0) is 24.3 Å². The molecule has 0 aliphatic heterocycles. The maximum absolute atomic E-state index is 10.6. The smallest absolute Gasteiger partial charge is 0.272 e. The SMILES string of the molecule is Nc1ccc(Oc2c(Cl)cc([N+](=O)[O-])cc2Cl)cc1. The Balaban J connectivity index is 2.35. The summed E-state index contributed by atoms with van der Waals surface area (Å²) in [5.41, 5.74) is 5.95. The number of hydrogen-bond donors (Lipinski definition) is 1. The fraction of sp³-hybridized carbons (Fsp3) is 0. The van der Waals surface area contributed by atoms with E-state index in [2.05, 4.69) is 0 Å². The third-order valence-electron chi connectivity index (χ3n) is 2.29. The van der Waals surface area contributed by atoms with Gasteiger partial charge in [-0.3, -0.25) is 10.1 Å². The van der Waals surface area contributed by atoms with Crippen LogP contribution in [0.15, 0.2) is 36.4 Å². The van der Waals surface area contributed by atoms with Crippen LogP contribution in [0, 0.1) is 10.1 Å². The van der Waals surface area contributed by atoms with Gasteiger partial charge in [0.05, 0.1) is 15.0 Å². The highest BCUT2D eigenvalue weighted by molar-refractivity contribution is 6.37. The number of nitro groups is 1. The highest BCUT2D eigenvalue weighted by Gasteiger charge is 2.16. The normalized spacial score (nSPS) is 10.2. The predicted octanol–water partition coefficient (Wildman–Crippen LogP) is 4.28. The molecule has 0 aliphatic carbocycles. The van der Waals surface area contributed by atoms with Crippen molar-refractivity contribution in [2.75, 3.05) is 5.73 Å². The lowest BCUT2D eigenvalue weighted by atomic mass is 10.3.